The van der Waals surface area contributed by atoms with Crippen molar-refractivity contribution >= 4 is 28.9 Å². The van der Waals surface area contributed by atoms with Gasteiger partial charge in [-0.3, -0.25) is 4.79 Å². The highest BCUT2D eigenvalue weighted by Gasteiger charge is 2.51. The summed E-state index contributed by atoms with van der Waals surface area (Å²) < 4.78 is 10.9. The average Bonchev–Trinajstić information content (AvgIpc) is 3.24. The van der Waals surface area contributed by atoms with Gasteiger partial charge in [0.05, 0.1) is 16.8 Å². The lowest BCUT2D eigenvalue weighted by Gasteiger charge is -2.29. The number of amides is 1. The molecule has 1 saturated carbocycles. The van der Waals surface area contributed by atoms with Crippen molar-refractivity contribution in [3.63, 3.8) is 0 Å². The first-order valence-electron chi connectivity index (χ1n) is 10.0. The molecule has 5 rings (SSSR count). The molecule has 2 unspecified atom stereocenters. The van der Waals surface area contributed by atoms with Crippen LogP contribution in [-0.2, 0) is 10.2 Å². The highest BCUT2D eigenvalue weighted by atomic mass is 35.5. The molecule has 1 aliphatic carbocycles. The van der Waals surface area contributed by atoms with Gasteiger partial charge in [0, 0.05) is 11.4 Å². The maximum absolute atomic E-state index is 13.2. The fraction of sp³-hybridized carbons (Fsp3) is 0.435. The molecule has 3 aliphatic rings. The van der Waals surface area contributed by atoms with Gasteiger partial charge in [0.2, 0.25) is 12.7 Å². The van der Waals surface area contributed by atoms with Crippen molar-refractivity contribution in [2.75, 3.05) is 17.4 Å². The second-order valence-corrected chi connectivity index (χ2v) is 9.77. The summed E-state index contributed by atoms with van der Waals surface area (Å²) in [7, 11) is 0. The van der Waals surface area contributed by atoms with E-state index in [1.165, 1.54) is 0 Å². The highest BCUT2D eigenvalue weighted by molar-refractivity contribution is 6.22. The zero-order valence-electron chi connectivity index (χ0n) is 16.8. The summed E-state index contributed by atoms with van der Waals surface area (Å²) in [6, 6.07) is 11.9. The van der Waals surface area contributed by atoms with Crippen molar-refractivity contribution in [3.05, 3.63) is 47.5 Å². The Kier molecular flexibility index (Phi) is 4.04. The van der Waals surface area contributed by atoms with Gasteiger partial charge in [0.25, 0.3) is 0 Å². The van der Waals surface area contributed by atoms with Crippen LogP contribution in [0.2, 0.25) is 0 Å². The van der Waals surface area contributed by atoms with Crippen molar-refractivity contribution in [1.82, 2.24) is 0 Å². The molecule has 2 aromatic carbocycles. The van der Waals surface area contributed by atoms with E-state index in [1.54, 1.807) is 0 Å². The van der Waals surface area contributed by atoms with Crippen LogP contribution in [0.1, 0.15) is 50.1 Å². The minimum absolute atomic E-state index is 0.0146. The lowest BCUT2D eigenvalue weighted by molar-refractivity contribution is -0.118. The maximum atomic E-state index is 13.2. The topological polar surface area (TPSA) is 59.6 Å². The fourth-order valence-corrected chi connectivity index (χ4v) is 4.91. The SMILES string of the molecule is CC(C)(C)C1Nc2ccc(NC(=O)C3(c4ccc5c(c4)OCO5)CC3)cc2C1Cl. The summed E-state index contributed by atoms with van der Waals surface area (Å²) >= 11 is 6.75. The molecule has 5 nitrogen and oxygen atoms in total. The predicted molar refractivity (Wildman–Crippen MR) is 114 cm³/mol. The number of alkyl halides is 1. The molecular weight excluding hydrogens is 388 g/mol. The van der Waals surface area contributed by atoms with Gasteiger partial charge in [-0.2, -0.15) is 0 Å². The number of halogens is 1. The summed E-state index contributed by atoms with van der Waals surface area (Å²) in [6.45, 7) is 6.76. The third-order valence-electron chi connectivity index (χ3n) is 6.25. The fourth-order valence-electron chi connectivity index (χ4n) is 4.29. The number of rotatable bonds is 3. The second-order valence-electron chi connectivity index (χ2n) is 9.30. The zero-order chi connectivity index (χ0) is 20.4. The van der Waals surface area contributed by atoms with Crippen molar-refractivity contribution < 1.29 is 14.3 Å². The number of carbonyl (C=O) groups excluding carboxylic acids is 1. The molecule has 0 saturated heterocycles. The van der Waals surface area contributed by atoms with Gasteiger partial charge in [-0.25, -0.2) is 0 Å². The number of anilines is 2. The first kappa shape index (κ1) is 18.6. The van der Waals surface area contributed by atoms with E-state index in [2.05, 4.69) is 31.4 Å². The largest absolute Gasteiger partial charge is 0.454 e. The molecule has 0 aromatic heterocycles. The van der Waals surface area contributed by atoms with E-state index in [1.807, 2.05) is 36.4 Å². The minimum atomic E-state index is -0.493. The Morgan fingerprint density at radius 1 is 1.14 bits per heavy atom. The molecule has 2 N–H and O–H groups in total. The number of ether oxygens (including phenoxy) is 2. The summed E-state index contributed by atoms with van der Waals surface area (Å²) in [5.74, 6) is 1.46. The quantitative estimate of drug-likeness (QED) is 0.680. The van der Waals surface area contributed by atoms with Gasteiger partial charge >= 0.3 is 0 Å². The normalized spacial score (nSPS) is 23.3. The summed E-state index contributed by atoms with van der Waals surface area (Å²) in [6.07, 6.45) is 1.66. The molecular formula is C23H25ClN2O3. The van der Waals surface area contributed by atoms with Crippen molar-refractivity contribution in [1.29, 1.82) is 0 Å². The molecule has 2 heterocycles. The monoisotopic (exact) mass is 412 g/mol. The summed E-state index contributed by atoms with van der Waals surface area (Å²) in [5, 5.41) is 6.51. The number of hydrogen-bond donors (Lipinski definition) is 2. The zero-order valence-corrected chi connectivity index (χ0v) is 17.6. The highest BCUT2D eigenvalue weighted by Crippen LogP contribution is 2.51. The molecule has 0 bridgehead atoms. The molecule has 1 fully saturated rings. The number of benzene rings is 2. The van der Waals surface area contributed by atoms with Gasteiger partial charge < -0.3 is 20.1 Å². The Balaban J connectivity index is 1.37. The van der Waals surface area contributed by atoms with Gasteiger partial charge in [0.1, 0.15) is 0 Å². The van der Waals surface area contributed by atoms with Gasteiger partial charge in [-0.1, -0.05) is 26.8 Å². The van der Waals surface area contributed by atoms with Gasteiger partial charge in [-0.05, 0) is 59.7 Å². The summed E-state index contributed by atoms with van der Waals surface area (Å²) in [4.78, 5) is 13.2. The Bertz CT molecular complexity index is 994. The smallest absolute Gasteiger partial charge is 0.235 e. The van der Waals surface area contributed by atoms with Crippen LogP contribution in [0.4, 0.5) is 11.4 Å². The maximum Gasteiger partial charge on any atom is 0.235 e. The lowest BCUT2D eigenvalue weighted by Crippen LogP contribution is -2.33. The third-order valence-corrected chi connectivity index (χ3v) is 6.74. The van der Waals surface area contributed by atoms with Crippen LogP contribution in [-0.4, -0.2) is 18.7 Å². The van der Waals surface area contributed by atoms with E-state index in [9.17, 15) is 4.79 Å². The molecule has 29 heavy (non-hydrogen) atoms. The van der Waals surface area contributed by atoms with Crippen LogP contribution < -0.4 is 20.1 Å². The van der Waals surface area contributed by atoms with Crippen LogP contribution in [0, 0.1) is 5.41 Å². The molecule has 152 valence electrons. The van der Waals surface area contributed by atoms with Crippen LogP contribution in [0.5, 0.6) is 11.5 Å². The van der Waals surface area contributed by atoms with E-state index >= 15 is 0 Å². The van der Waals surface area contributed by atoms with E-state index in [4.69, 9.17) is 21.1 Å². The molecule has 0 spiro atoms. The molecule has 0 radical (unpaired) electrons. The number of fused-ring (bicyclic) bond motifs is 2. The molecule has 1 amide bonds. The first-order chi connectivity index (χ1) is 13.8. The Labute approximate surface area is 175 Å². The van der Waals surface area contributed by atoms with E-state index in [-0.39, 0.29) is 29.5 Å². The van der Waals surface area contributed by atoms with Crippen LogP contribution in [0.3, 0.4) is 0 Å². The Morgan fingerprint density at radius 2 is 1.90 bits per heavy atom. The molecule has 6 heteroatoms. The van der Waals surface area contributed by atoms with Crippen LogP contribution in [0.25, 0.3) is 0 Å². The lowest BCUT2D eigenvalue weighted by atomic mass is 9.85. The number of carbonyl (C=O) groups is 1. The molecule has 2 aliphatic heterocycles. The van der Waals surface area contributed by atoms with Crippen LogP contribution in [0.15, 0.2) is 36.4 Å². The van der Waals surface area contributed by atoms with E-state index in [0.29, 0.717) is 5.75 Å². The van der Waals surface area contributed by atoms with Gasteiger partial charge in [0.15, 0.2) is 11.5 Å². The van der Waals surface area contributed by atoms with Crippen molar-refractivity contribution in [2.24, 2.45) is 5.41 Å². The second kappa shape index (κ2) is 6.30. The Morgan fingerprint density at radius 3 is 2.62 bits per heavy atom. The van der Waals surface area contributed by atoms with Crippen molar-refractivity contribution in [3.8, 4) is 11.5 Å². The average molecular weight is 413 g/mol. The van der Waals surface area contributed by atoms with Crippen LogP contribution >= 0.6 is 11.6 Å². The number of nitrogens with one attached hydrogen (secondary N) is 2. The molecule has 2 atom stereocenters. The predicted octanol–water partition coefficient (Wildman–Crippen LogP) is 5.21. The molecule has 2 aromatic rings. The number of hydrogen-bond acceptors (Lipinski definition) is 4. The van der Waals surface area contributed by atoms with E-state index < -0.39 is 5.41 Å². The van der Waals surface area contributed by atoms with Gasteiger partial charge in [-0.15, -0.1) is 11.6 Å². The van der Waals surface area contributed by atoms with E-state index in [0.717, 1.165) is 41.1 Å². The summed E-state index contributed by atoms with van der Waals surface area (Å²) in [5.41, 5.74) is 3.38. The minimum Gasteiger partial charge on any atom is -0.454 e. The standard InChI is InChI=1S/C23H25ClN2O3/c1-22(2,3)20-19(24)15-11-14(5-6-16(15)26-20)25-21(27)23(8-9-23)13-4-7-17-18(10-13)29-12-28-17/h4-7,10-11,19-20,26H,8-9,12H2,1-3H3,(H,25,27). The third kappa shape index (κ3) is 3.03. The first-order valence-corrected chi connectivity index (χ1v) is 10.5. The Hall–Kier alpha value is -2.40. The van der Waals surface area contributed by atoms with Crippen molar-refractivity contribution in [2.45, 2.75) is 50.4 Å².